The highest BCUT2D eigenvalue weighted by Gasteiger charge is 2.24. The first-order valence-corrected chi connectivity index (χ1v) is 17.5. The Labute approximate surface area is 292 Å². The molecule has 0 spiro atoms. The van der Waals surface area contributed by atoms with E-state index in [2.05, 4.69) is 200 Å². The number of rotatable bonds is 6. The molecule has 4 heterocycles. The van der Waals surface area contributed by atoms with Crippen LogP contribution in [0.25, 0.3) is 65.6 Å². The number of benzene rings is 4. The number of thiophene rings is 1. The Morgan fingerprint density at radius 2 is 1.06 bits per heavy atom. The molecule has 0 atom stereocenters. The summed E-state index contributed by atoms with van der Waals surface area (Å²) >= 11 is 1.87. The molecule has 0 radical (unpaired) electrons. The highest BCUT2D eigenvalue weighted by Crippen LogP contribution is 2.42. The number of aromatic nitrogens is 3. The Morgan fingerprint density at radius 1 is 0.490 bits per heavy atom. The zero-order chi connectivity index (χ0) is 33.5. The molecule has 49 heavy (non-hydrogen) atoms. The summed E-state index contributed by atoms with van der Waals surface area (Å²) in [6, 6.07) is 48.6. The third kappa shape index (κ3) is 5.64. The topological polar surface area (TPSA) is 11.6 Å². The number of nitrogens with zero attached hydrogens (tertiary/aromatic N) is 3. The van der Waals surface area contributed by atoms with Gasteiger partial charge in [-0.15, -0.1) is 11.3 Å². The van der Waals surface area contributed by atoms with E-state index in [-0.39, 0.29) is 0 Å². The van der Waals surface area contributed by atoms with Crippen LogP contribution in [0.4, 0.5) is 0 Å². The van der Waals surface area contributed by atoms with Gasteiger partial charge >= 0.3 is 0 Å². The normalized spacial score (nSPS) is 11.3. The summed E-state index contributed by atoms with van der Waals surface area (Å²) < 4.78 is 9.27. The van der Waals surface area contributed by atoms with Crippen LogP contribution in [0.3, 0.4) is 0 Å². The van der Waals surface area contributed by atoms with E-state index in [1.807, 2.05) is 11.3 Å². The van der Waals surface area contributed by atoms with Crippen molar-refractivity contribution in [3.8, 4) is 33.8 Å². The van der Waals surface area contributed by atoms with Crippen molar-refractivity contribution in [1.82, 2.24) is 0 Å². The van der Waals surface area contributed by atoms with Crippen LogP contribution in [0.5, 0.6) is 0 Å². The first-order chi connectivity index (χ1) is 24.0. The second-order valence-corrected chi connectivity index (χ2v) is 13.9. The first kappa shape index (κ1) is 30.6. The van der Waals surface area contributed by atoms with Gasteiger partial charge in [0.15, 0.2) is 18.6 Å². The Hall–Kier alpha value is -5.71. The van der Waals surface area contributed by atoms with Crippen molar-refractivity contribution in [2.24, 2.45) is 21.1 Å². The molecule has 0 bridgehead atoms. The second kappa shape index (κ2) is 12.7. The summed E-state index contributed by atoms with van der Waals surface area (Å²) in [6.07, 6.45) is 8.86. The fourth-order valence-corrected chi connectivity index (χ4v) is 8.14. The smallest absolute Gasteiger partial charge is 0.201 e. The van der Waals surface area contributed by atoms with E-state index >= 15 is 0 Å². The van der Waals surface area contributed by atoms with Gasteiger partial charge < -0.3 is 0 Å². The summed E-state index contributed by atoms with van der Waals surface area (Å²) in [5.41, 5.74) is 13.1. The number of pyridine rings is 3. The average Bonchev–Trinajstić information content (AvgIpc) is 3.49. The quantitative estimate of drug-likeness (QED) is 0.125. The number of fused-ring (bicyclic) bond motifs is 3. The summed E-state index contributed by atoms with van der Waals surface area (Å²) in [5, 5.41) is 2.59. The molecule has 0 unspecified atom stereocenters. The van der Waals surface area contributed by atoms with Crippen molar-refractivity contribution in [1.29, 1.82) is 0 Å². The van der Waals surface area contributed by atoms with Crippen molar-refractivity contribution in [3.63, 3.8) is 0 Å². The van der Waals surface area contributed by atoms with Gasteiger partial charge in [-0.25, -0.2) is 13.7 Å². The highest BCUT2D eigenvalue weighted by atomic mass is 32.1. The van der Waals surface area contributed by atoms with Crippen molar-refractivity contribution in [2.75, 3.05) is 0 Å². The minimum atomic E-state index is 1.16. The van der Waals surface area contributed by atoms with Crippen molar-refractivity contribution in [2.45, 2.75) is 6.92 Å². The Kier molecular flexibility index (Phi) is 7.95. The second-order valence-electron chi connectivity index (χ2n) is 12.8. The molecule has 4 aromatic carbocycles. The van der Waals surface area contributed by atoms with Gasteiger partial charge in [0.2, 0.25) is 17.1 Å². The van der Waals surface area contributed by atoms with Crippen LogP contribution >= 0.6 is 11.3 Å². The number of hydrogen-bond acceptors (Lipinski definition) is 1. The predicted molar refractivity (Wildman–Crippen MR) is 204 cm³/mol. The lowest BCUT2D eigenvalue weighted by molar-refractivity contribution is -0.660. The number of aryl methyl sites for hydroxylation is 4. The van der Waals surface area contributed by atoms with Crippen molar-refractivity contribution >= 4 is 43.2 Å². The average molecular weight is 653 g/mol. The van der Waals surface area contributed by atoms with Gasteiger partial charge in [0, 0.05) is 56.6 Å². The van der Waals surface area contributed by atoms with E-state index in [9.17, 15) is 0 Å². The molecule has 8 rings (SSSR count). The van der Waals surface area contributed by atoms with Gasteiger partial charge in [-0.3, -0.25) is 0 Å². The minimum Gasteiger partial charge on any atom is -0.201 e. The molecule has 0 saturated carbocycles. The first-order valence-electron chi connectivity index (χ1n) is 16.7. The molecule has 0 saturated heterocycles. The summed E-state index contributed by atoms with van der Waals surface area (Å²) in [4.78, 5) is 0. The standard InChI is InChI=1S/C45H38N3S/c1-31-23-26-48(4)43(27-31)38-30-45-40(37-19-9-10-22-44(37)49-45)29-32(38)28-39(33-15-5-7-17-35(33)41-20-11-13-24-46(41)2)34-16-6-8-18-36(34)42-21-12-14-25-47(42)3/h5-30H,1-4H3/q+3. The van der Waals surface area contributed by atoms with Gasteiger partial charge in [-0.2, -0.15) is 0 Å². The molecule has 0 fully saturated rings. The molecular formula is C45H38N3S+3. The zero-order valence-corrected chi connectivity index (χ0v) is 29.1. The SMILES string of the molecule is Cc1cc[n+](C)c(-c2cc3sc4ccccc4c3cc2C=C(c2ccccc2-c2cccc[n+]2C)c2ccccc2-c2cccc[n+]2C)c1. The molecule has 0 aliphatic rings. The molecule has 0 aliphatic heterocycles. The van der Waals surface area contributed by atoms with Gasteiger partial charge in [0.25, 0.3) is 0 Å². The molecule has 8 aromatic rings. The minimum absolute atomic E-state index is 1.16. The van der Waals surface area contributed by atoms with Crippen molar-refractivity contribution in [3.05, 3.63) is 174 Å². The van der Waals surface area contributed by atoms with Crippen LogP contribution in [0, 0.1) is 6.92 Å². The Bertz CT molecular complexity index is 2470. The van der Waals surface area contributed by atoms with E-state index in [0.717, 1.165) is 11.4 Å². The largest absolute Gasteiger partial charge is 0.213 e. The molecule has 0 amide bonds. The zero-order valence-electron chi connectivity index (χ0n) is 28.3. The molecule has 0 N–H and O–H groups in total. The maximum Gasteiger partial charge on any atom is 0.213 e. The van der Waals surface area contributed by atoms with Crippen LogP contribution in [0.1, 0.15) is 22.3 Å². The Morgan fingerprint density at radius 3 is 1.71 bits per heavy atom. The van der Waals surface area contributed by atoms with Gasteiger partial charge in [0.05, 0.1) is 16.7 Å². The van der Waals surface area contributed by atoms with Gasteiger partial charge in [-0.1, -0.05) is 54.6 Å². The third-order valence-electron chi connectivity index (χ3n) is 9.53. The van der Waals surface area contributed by atoms with Crippen LogP contribution in [0.2, 0.25) is 0 Å². The molecule has 4 heteroatoms. The van der Waals surface area contributed by atoms with E-state index in [4.69, 9.17) is 0 Å². The third-order valence-corrected chi connectivity index (χ3v) is 10.7. The maximum atomic E-state index is 2.44. The fraction of sp³-hybridized carbons (Fsp3) is 0.0889. The molecular weight excluding hydrogens is 615 g/mol. The van der Waals surface area contributed by atoms with Crippen LogP contribution in [0.15, 0.2) is 152 Å². The van der Waals surface area contributed by atoms with Crippen LogP contribution in [-0.4, -0.2) is 0 Å². The van der Waals surface area contributed by atoms with Gasteiger partial charge in [-0.05, 0) is 83.3 Å². The summed E-state index contributed by atoms with van der Waals surface area (Å²) in [5.74, 6) is 0. The predicted octanol–water partition coefficient (Wildman–Crippen LogP) is 9.43. The lowest BCUT2D eigenvalue weighted by Gasteiger charge is -2.17. The van der Waals surface area contributed by atoms with E-state index in [1.165, 1.54) is 70.4 Å². The lowest BCUT2D eigenvalue weighted by atomic mass is 9.86. The molecule has 4 aromatic heterocycles. The molecule has 3 nitrogen and oxygen atoms in total. The summed E-state index contributed by atoms with van der Waals surface area (Å²) in [7, 11) is 6.39. The van der Waals surface area contributed by atoms with Gasteiger partial charge in [0.1, 0.15) is 21.1 Å². The molecule has 0 aliphatic carbocycles. The number of hydrogen-bond donors (Lipinski definition) is 0. The van der Waals surface area contributed by atoms with E-state index < -0.39 is 0 Å². The highest BCUT2D eigenvalue weighted by molar-refractivity contribution is 7.25. The van der Waals surface area contributed by atoms with Crippen LogP contribution in [-0.2, 0) is 21.1 Å². The maximum absolute atomic E-state index is 2.44. The Balaban J connectivity index is 1.50. The summed E-state index contributed by atoms with van der Waals surface area (Å²) in [6.45, 7) is 2.18. The van der Waals surface area contributed by atoms with E-state index in [0.29, 0.717) is 0 Å². The molecule has 236 valence electrons. The van der Waals surface area contributed by atoms with Crippen LogP contribution < -0.4 is 13.7 Å². The van der Waals surface area contributed by atoms with E-state index in [1.54, 1.807) is 0 Å². The monoisotopic (exact) mass is 652 g/mol. The fourth-order valence-electron chi connectivity index (χ4n) is 7.02. The lowest BCUT2D eigenvalue weighted by Crippen LogP contribution is -2.30. The van der Waals surface area contributed by atoms with Crippen molar-refractivity contribution < 1.29 is 13.7 Å².